The number of non-ortho nitro benzene ring substituents is 1. The van der Waals surface area contributed by atoms with Crippen molar-refractivity contribution in [3.8, 4) is 0 Å². The van der Waals surface area contributed by atoms with Gasteiger partial charge in [-0.05, 0) is 53.5 Å². The second kappa shape index (κ2) is 6.01. The van der Waals surface area contributed by atoms with Crippen LogP contribution in [0.3, 0.4) is 0 Å². The fourth-order valence-corrected chi connectivity index (χ4v) is 2.27. The highest BCUT2D eigenvalue weighted by Crippen LogP contribution is 2.20. The van der Waals surface area contributed by atoms with Gasteiger partial charge in [0.2, 0.25) is 0 Å². The number of carbonyl (C=O) groups is 1. The zero-order chi connectivity index (χ0) is 15.6. The lowest BCUT2D eigenvalue weighted by Gasteiger charge is -2.09. The Morgan fingerprint density at radius 1 is 1.29 bits per heavy atom. The lowest BCUT2D eigenvalue weighted by Crippen LogP contribution is -2.14. The molecule has 1 aromatic heterocycles. The molecule has 0 saturated heterocycles. The number of aromatic nitrogens is 1. The lowest BCUT2D eigenvalue weighted by atomic mass is 10.1. The van der Waals surface area contributed by atoms with Crippen LogP contribution in [0.2, 0.25) is 0 Å². The quantitative estimate of drug-likeness (QED) is 0.520. The molecule has 2 aromatic rings. The summed E-state index contributed by atoms with van der Waals surface area (Å²) in [5.41, 5.74) is 2.18. The van der Waals surface area contributed by atoms with E-state index in [0.717, 1.165) is 0 Å². The summed E-state index contributed by atoms with van der Waals surface area (Å²) < 4.78 is 0.685. The van der Waals surface area contributed by atoms with E-state index in [1.54, 1.807) is 26.0 Å². The molecule has 1 amide bonds. The molecule has 1 N–H and O–H groups in total. The summed E-state index contributed by atoms with van der Waals surface area (Å²) in [6.45, 7) is 3.44. The standard InChI is InChI=1S/C14H12BrN3O3/c1-8-7-10(18(20)21)3-4-11(8)14(19)17-12-5-6-13(15)16-9(12)2/h3-7H,1-2H3,(H,17,19). The molecule has 0 aliphatic heterocycles. The number of pyridine rings is 1. The Labute approximate surface area is 129 Å². The van der Waals surface area contributed by atoms with Crippen LogP contribution in [0.5, 0.6) is 0 Å². The van der Waals surface area contributed by atoms with Gasteiger partial charge in [0.15, 0.2) is 0 Å². The number of nitrogens with zero attached hydrogens (tertiary/aromatic N) is 2. The molecule has 0 fully saturated rings. The summed E-state index contributed by atoms with van der Waals surface area (Å²) in [4.78, 5) is 26.6. The average Bonchev–Trinajstić information content (AvgIpc) is 2.41. The van der Waals surface area contributed by atoms with Gasteiger partial charge in [0, 0.05) is 17.7 Å². The Morgan fingerprint density at radius 2 is 2.00 bits per heavy atom. The fourth-order valence-electron chi connectivity index (χ4n) is 1.87. The zero-order valence-corrected chi connectivity index (χ0v) is 13.0. The van der Waals surface area contributed by atoms with Gasteiger partial charge in [-0.1, -0.05) is 0 Å². The van der Waals surface area contributed by atoms with Crippen LogP contribution >= 0.6 is 15.9 Å². The monoisotopic (exact) mass is 349 g/mol. The maximum absolute atomic E-state index is 12.2. The van der Waals surface area contributed by atoms with Gasteiger partial charge in [-0.2, -0.15) is 0 Å². The van der Waals surface area contributed by atoms with Gasteiger partial charge in [-0.25, -0.2) is 4.98 Å². The third-order valence-corrected chi connectivity index (χ3v) is 3.41. The van der Waals surface area contributed by atoms with E-state index in [-0.39, 0.29) is 11.6 Å². The van der Waals surface area contributed by atoms with Gasteiger partial charge < -0.3 is 5.32 Å². The summed E-state index contributed by atoms with van der Waals surface area (Å²) >= 11 is 3.25. The van der Waals surface area contributed by atoms with Crippen LogP contribution in [0.1, 0.15) is 21.6 Å². The molecule has 0 bridgehead atoms. The Hall–Kier alpha value is -2.28. The number of aryl methyl sites for hydroxylation is 2. The predicted octanol–water partition coefficient (Wildman–Crippen LogP) is 3.62. The smallest absolute Gasteiger partial charge is 0.269 e. The van der Waals surface area contributed by atoms with Crippen molar-refractivity contribution in [3.05, 3.63) is 61.9 Å². The van der Waals surface area contributed by atoms with E-state index in [0.29, 0.717) is 27.1 Å². The molecule has 0 aliphatic carbocycles. The number of anilines is 1. The third-order valence-electron chi connectivity index (χ3n) is 2.97. The minimum absolute atomic E-state index is 0.0365. The third kappa shape index (κ3) is 3.43. The van der Waals surface area contributed by atoms with Crippen molar-refractivity contribution in [1.29, 1.82) is 0 Å². The number of rotatable bonds is 3. The summed E-state index contributed by atoms with van der Waals surface area (Å²) in [7, 11) is 0. The second-order valence-corrected chi connectivity index (χ2v) is 5.29. The molecule has 0 radical (unpaired) electrons. The van der Waals surface area contributed by atoms with Crippen molar-refractivity contribution < 1.29 is 9.72 Å². The predicted molar refractivity (Wildman–Crippen MR) is 82.5 cm³/mol. The minimum Gasteiger partial charge on any atom is -0.320 e. The van der Waals surface area contributed by atoms with Crippen molar-refractivity contribution >= 4 is 33.2 Å². The van der Waals surface area contributed by atoms with Gasteiger partial charge in [-0.15, -0.1) is 0 Å². The second-order valence-electron chi connectivity index (χ2n) is 4.48. The number of benzene rings is 1. The molecule has 0 unspecified atom stereocenters. The van der Waals surface area contributed by atoms with Crippen molar-refractivity contribution in [2.24, 2.45) is 0 Å². The fraction of sp³-hybridized carbons (Fsp3) is 0.143. The molecule has 0 spiro atoms. The summed E-state index contributed by atoms with van der Waals surface area (Å²) in [5.74, 6) is -0.324. The van der Waals surface area contributed by atoms with Gasteiger partial charge in [0.25, 0.3) is 11.6 Å². The Morgan fingerprint density at radius 3 is 2.57 bits per heavy atom. The number of carbonyl (C=O) groups excluding carboxylic acids is 1. The number of nitro groups is 1. The van der Waals surface area contributed by atoms with Crippen molar-refractivity contribution in [1.82, 2.24) is 4.98 Å². The average molecular weight is 350 g/mol. The van der Waals surface area contributed by atoms with Crippen molar-refractivity contribution in [3.63, 3.8) is 0 Å². The van der Waals surface area contributed by atoms with Gasteiger partial charge in [0.05, 0.1) is 16.3 Å². The molecular formula is C14H12BrN3O3. The maximum atomic E-state index is 12.2. The molecule has 1 aromatic carbocycles. The highest BCUT2D eigenvalue weighted by molar-refractivity contribution is 9.10. The van der Waals surface area contributed by atoms with Gasteiger partial charge >= 0.3 is 0 Å². The van der Waals surface area contributed by atoms with Crippen molar-refractivity contribution in [2.45, 2.75) is 13.8 Å². The molecule has 108 valence electrons. The first-order chi connectivity index (χ1) is 9.88. The van der Waals surface area contributed by atoms with Crippen LogP contribution in [0.25, 0.3) is 0 Å². The van der Waals surface area contributed by atoms with Crippen LogP contribution in [0.15, 0.2) is 34.9 Å². The Bertz CT molecular complexity index is 731. The number of amides is 1. The number of nitrogens with one attached hydrogen (secondary N) is 1. The Balaban J connectivity index is 2.26. The highest BCUT2D eigenvalue weighted by atomic mass is 79.9. The molecular weight excluding hydrogens is 338 g/mol. The SMILES string of the molecule is Cc1cc([N+](=O)[O-])ccc1C(=O)Nc1ccc(Br)nc1C. The van der Waals surface area contributed by atoms with Crippen molar-refractivity contribution in [2.75, 3.05) is 5.32 Å². The topological polar surface area (TPSA) is 85.1 Å². The molecule has 1 heterocycles. The first kappa shape index (κ1) is 15.1. The lowest BCUT2D eigenvalue weighted by molar-refractivity contribution is -0.384. The van der Waals surface area contributed by atoms with Crippen LogP contribution in [-0.4, -0.2) is 15.8 Å². The molecule has 0 atom stereocenters. The van der Waals surface area contributed by atoms with E-state index in [4.69, 9.17) is 0 Å². The first-order valence-electron chi connectivity index (χ1n) is 6.08. The molecule has 6 nitrogen and oxygen atoms in total. The van der Waals surface area contributed by atoms with E-state index in [1.807, 2.05) is 0 Å². The summed E-state index contributed by atoms with van der Waals surface area (Å²) in [6, 6.07) is 7.61. The van der Waals surface area contributed by atoms with E-state index >= 15 is 0 Å². The van der Waals surface area contributed by atoms with Crippen LogP contribution in [0.4, 0.5) is 11.4 Å². The highest BCUT2D eigenvalue weighted by Gasteiger charge is 2.14. The van der Waals surface area contributed by atoms with E-state index in [9.17, 15) is 14.9 Å². The molecule has 0 saturated carbocycles. The molecule has 0 aliphatic rings. The number of hydrogen-bond acceptors (Lipinski definition) is 4. The van der Waals surface area contributed by atoms with E-state index in [1.165, 1.54) is 18.2 Å². The van der Waals surface area contributed by atoms with E-state index in [2.05, 4.69) is 26.2 Å². The number of hydrogen-bond donors (Lipinski definition) is 1. The van der Waals surface area contributed by atoms with Crippen LogP contribution in [-0.2, 0) is 0 Å². The molecule has 21 heavy (non-hydrogen) atoms. The number of halogens is 1. The Kier molecular flexibility index (Phi) is 4.32. The van der Waals surface area contributed by atoms with Gasteiger partial charge in [0.1, 0.15) is 4.60 Å². The van der Waals surface area contributed by atoms with Gasteiger partial charge in [-0.3, -0.25) is 14.9 Å². The summed E-state index contributed by atoms with van der Waals surface area (Å²) in [6.07, 6.45) is 0. The summed E-state index contributed by atoms with van der Waals surface area (Å²) in [5, 5.41) is 13.4. The normalized spacial score (nSPS) is 10.2. The number of nitro benzene ring substituents is 1. The maximum Gasteiger partial charge on any atom is 0.269 e. The first-order valence-corrected chi connectivity index (χ1v) is 6.87. The van der Waals surface area contributed by atoms with Crippen LogP contribution in [0, 0.1) is 24.0 Å². The largest absolute Gasteiger partial charge is 0.320 e. The molecule has 7 heteroatoms. The zero-order valence-electron chi connectivity index (χ0n) is 11.4. The van der Waals surface area contributed by atoms with Crippen LogP contribution < -0.4 is 5.32 Å². The van der Waals surface area contributed by atoms with E-state index < -0.39 is 4.92 Å². The molecule has 2 rings (SSSR count). The minimum atomic E-state index is -0.489.